The summed E-state index contributed by atoms with van der Waals surface area (Å²) in [7, 11) is 4.07. The highest BCUT2D eigenvalue weighted by Crippen LogP contribution is 2.30. The molecule has 0 bridgehead atoms. The van der Waals surface area contributed by atoms with Crippen LogP contribution < -0.4 is 5.32 Å². The average Bonchev–Trinajstić information content (AvgIpc) is 3.31. The molecule has 2 atom stereocenters. The lowest BCUT2D eigenvalue weighted by molar-refractivity contribution is 0.0876. The van der Waals surface area contributed by atoms with E-state index in [9.17, 15) is 4.79 Å². The summed E-state index contributed by atoms with van der Waals surface area (Å²) in [6.45, 7) is 0.918. The van der Waals surface area contributed by atoms with Crippen molar-refractivity contribution in [3.63, 3.8) is 0 Å². The van der Waals surface area contributed by atoms with Crippen molar-refractivity contribution in [1.82, 2.24) is 24.8 Å². The van der Waals surface area contributed by atoms with E-state index >= 15 is 0 Å². The average molecular weight is 387 g/mol. The zero-order chi connectivity index (χ0) is 20.0. The molecule has 1 amide bonds. The van der Waals surface area contributed by atoms with Crippen LogP contribution in [-0.2, 0) is 7.05 Å². The predicted molar refractivity (Wildman–Crippen MR) is 115 cm³/mol. The number of imidazole rings is 1. The van der Waals surface area contributed by atoms with E-state index in [1.165, 1.54) is 0 Å². The number of fused-ring (bicyclic) bond motifs is 2. The lowest BCUT2D eigenvalue weighted by Crippen LogP contribution is -2.45. The first-order chi connectivity index (χ1) is 14.1. The quantitative estimate of drug-likeness (QED) is 0.564. The topological polar surface area (TPSA) is 66.0 Å². The lowest BCUT2D eigenvalue weighted by Gasteiger charge is -2.36. The largest absolute Gasteiger partial charge is 0.348 e. The van der Waals surface area contributed by atoms with Crippen LogP contribution in [-0.4, -0.2) is 45.0 Å². The molecule has 6 heteroatoms. The summed E-state index contributed by atoms with van der Waals surface area (Å²) in [5.74, 6) is 0.957. The Kier molecular flexibility index (Phi) is 4.36. The highest BCUT2D eigenvalue weighted by Gasteiger charge is 2.30. The maximum Gasteiger partial charge on any atom is 0.268 e. The van der Waals surface area contributed by atoms with Crippen molar-refractivity contribution in [2.75, 3.05) is 13.6 Å². The number of nitrogens with zero attached hydrogens (tertiary/aromatic N) is 3. The van der Waals surface area contributed by atoms with Crippen LogP contribution in [0.2, 0.25) is 0 Å². The molecule has 0 radical (unpaired) electrons. The Morgan fingerprint density at radius 1 is 1.14 bits per heavy atom. The number of benzene rings is 2. The molecule has 0 spiro atoms. The molecular formula is C23H25N5O. The number of carbonyl (C=O) groups excluding carboxylic acids is 1. The van der Waals surface area contributed by atoms with Gasteiger partial charge in [-0.3, -0.25) is 9.69 Å². The van der Waals surface area contributed by atoms with Crippen molar-refractivity contribution in [3.8, 4) is 0 Å². The summed E-state index contributed by atoms with van der Waals surface area (Å²) in [4.78, 5) is 23.6. The minimum Gasteiger partial charge on any atom is -0.348 e. The van der Waals surface area contributed by atoms with Gasteiger partial charge in [-0.15, -0.1) is 0 Å². The number of hydrogen-bond donors (Lipinski definition) is 2. The number of aryl methyl sites for hydroxylation is 1. The third kappa shape index (κ3) is 3.19. The molecule has 1 saturated heterocycles. The van der Waals surface area contributed by atoms with E-state index in [1.54, 1.807) is 0 Å². The van der Waals surface area contributed by atoms with Crippen LogP contribution >= 0.6 is 0 Å². The molecule has 0 saturated carbocycles. The Balaban J connectivity index is 1.36. The molecular weight excluding hydrogens is 362 g/mol. The van der Waals surface area contributed by atoms with Gasteiger partial charge in [-0.1, -0.05) is 30.3 Å². The zero-order valence-corrected chi connectivity index (χ0v) is 16.7. The van der Waals surface area contributed by atoms with Crippen molar-refractivity contribution >= 4 is 27.8 Å². The summed E-state index contributed by atoms with van der Waals surface area (Å²) in [6, 6.07) is 18.4. The normalized spacial score (nSPS) is 20.3. The van der Waals surface area contributed by atoms with Crippen LogP contribution in [0.4, 0.5) is 0 Å². The number of nitrogens with one attached hydrogen (secondary N) is 2. The van der Waals surface area contributed by atoms with Gasteiger partial charge in [0.25, 0.3) is 5.91 Å². The van der Waals surface area contributed by atoms with Crippen molar-refractivity contribution in [3.05, 3.63) is 66.1 Å². The monoisotopic (exact) mass is 387 g/mol. The molecule has 2 aromatic heterocycles. The summed E-state index contributed by atoms with van der Waals surface area (Å²) in [5.41, 5.74) is 3.81. The zero-order valence-electron chi connectivity index (χ0n) is 16.7. The number of carbonyl (C=O) groups is 1. The molecule has 1 unspecified atom stereocenters. The summed E-state index contributed by atoms with van der Waals surface area (Å²) >= 11 is 0. The summed E-state index contributed by atoms with van der Waals surface area (Å²) < 4.78 is 1.97. The molecule has 1 fully saturated rings. The lowest BCUT2D eigenvalue weighted by atomic mass is 9.97. The molecule has 3 heterocycles. The molecule has 6 nitrogen and oxygen atoms in total. The van der Waals surface area contributed by atoms with E-state index in [-0.39, 0.29) is 18.0 Å². The molecule has 5 rings (SSSR count). The number of aromatic nitrogens is 3. The maximum absolute atomic E-state index is 13.0. The van der Waals surface area contributed by atoms with Crippen molar-refractivity contribution < 1.29 is 4.79 Å². The van der Waals surface area contributed by atoms with E-state index < -0.39 is 0 Å². The number of rotatable bonds is 3. The molecule has 0 aliphatic carbocycles. The van der Waals surface area contributed by atoms with Gasteiger partial charge in [0.2, 0.25) is 0 Å². The molecule has 4 aromatic rings. The van der Waals surface area contributed by atoms with Crippen molar-refractivity contribution in [2.45, 2.75) is 24.9 Å². The second-order valence-corrected chi connectivity index (χ2v) is 7.98. The van der Waals surface area contributed by atoms with Gasteiger partial charge in [0, 0.05) is 30.5 Å². The van der Waals surface area contributed by atoms with Crippen LogP contribution in [0.15, 0.2) is 54.6 Å². The Morgan fingerprint density at radius 2 is 1.93 bits per heavy atom. The van der Waals surface area contributed by atoms with E-state index in [1.807, 2.05) is 66.2 Å². The number of hydrogen-bond acceptors (Lipinski definition) is 3. The minimum absolute atomic E-state index is 0.0124. The molecule has 1 aliphatic heterocycles. The fraction of sp³-hybridized carbons (Fsp3) is 0.304. The fourth-order valence-corrected chi connectivity index (χ4v) is 4.43. The Morgan fingerprint density at radius 3 is 2.76 bits per heavy atom. The summed E-state index contributed by atoms with van der Waals surface area (Å²) in [6.07, 6.45) is 1.77. The Bertz CT molecular complexity index is 1160. The number of para-hydroxylation sites is 3. The first-order valence-corrected chi connectivity index (χ1v) is 10.1. The number of aromatic amines is 1. The van der Waals surface area contributed by atoms with Gasteiger partial charge in [0.15, 0.2) is 0 Å². The molecule has 148 valence electrons. The molecule has 1 aliphatic rings. The second-order valence-electron chi connectivity index (χ2n) is 7.98. The Labute approximate surface area is 169 Å². The van der Waals surface area contributed by atoms with Gasteiger partial charge >= 0.3 is 0 Å². The van der Waals surface area contributed by atoms with E-state index in [4.69, 9.17) is 4.98 Å². The van der Waals surface area contributed by atoms with Gasteiger partial charge in [0.05, 0.1) is 17.1 Å². The second kappa shape index (κ2) is 7.04. The minimum atomic E-state index is -0.0124. The highest BCUT2D eigenvalue weighted by atomic mass is 16.2. The van der Waals surface area contributed by atoms with Crippen LogP contribution in [0.5, 0.6) is 0 Å². The van der Waals surface area contributed by atoms with E-state index in [0.29, 0.717) is 5.69 Å². The number of amides is 1. The van der Waals surface area contributed by atoms with Crippen molar-refractivity contribution in [2.24, 2.45) is 7.05 Å². The summed E-state index contributed by atoms with van der Waals surface area (Å²) in [5, 5.41) is 4.35. The van der Waals surface area contributed by atoms with Crippen LogP contribution in [0, 0.1) is 0 Å². The molecule has 2 N–H and O–H groups in total. The SMILES string of the molecule is CN1CC[C@@H](NC(=O)c2cc3ccccc3n2C)CC1c1nc2ccccc2[nH]1. The third-order valence-electron chi connectivity index (χ3n) is 6.11. The number of likely N-dealkylation sites (tertiary alicyclic amines) is 1. The number of piperidine rings is 1. The first kappa shape index (κ1) is 17.9. The third-order valence-corrected chi connectivity index (χ3v) is 6.11. The van der Waals surface area contributed by atoms with Gasteiger partial charge in [-0.25, -0.2) is 4.98 Å². The van der Waals surface area contributed by atoms with Gasteiger partial charge in [0.1, 0.15) is 11.5 Å². The molecule has 2 aromatic carbocycles. The number of H-pyrrole nitrogens is 1. The van der Waals surface area contributed by atoms with Crippen LogP contribution in [0.1, 0.15) is 35.2 Å². The van der Waals surface area contributed by atoms with E-state index in [2.05, 4.69) is 22.2 Å². The predicted octanol–water partition coefficient (Wildman–Crippen LogP) is 3.62. The fourth-order valence-electron chi connectivity index (χ4n) is 4.43. The first-order valence-electron chi connectivity index (χ1n) is 10.1. The van der Waals surface area contributed by atoms with E-state index in [0.717, 1.165) is 47.1 Å². The van der Waals surface area contributed by atoms with Crippen molar-refractivity contribution in [1.29, 1.82) is 0 Å². The van der Waals surface area contributed by atoms with Crippen LogP contribution in [0.3, 0.4) is 0 Å². The standard InChI is InChI=1S/C23H25N5O/c1-27-12-11-16(14-20(27)22-25-17-8-4-5-9-18(17)26-22)24-23(29)21-13-15-7-3-6-10-19(15)28(21)2/h3-10,13,16,20H,11-12,14H2,1-2H3,(H,24,29)(H,25,26)/t16-,20?/m1/s1. The molecule has 29 heavy (non-hydrogen) atoms. The highest BCUT2D eigenvalue weighted by molar-refractivity contribution is 5.98. The van der Waals surface area contributed by atoms with Gasteiger partial charge in [-0.2, -0.15) is 0 Å². The Hall–Kier alpha value is -3.12. The smallest absolute Gasteiger partial charge is 0.268 e. The van der Waals surface area contributed by atoms with Gasteiger partial charge < -0.3 is 14.9 Å². The maximum atomic E-state index is 13.0. The van der Waals surface area contributed by atoms with Gasteiger partial charge in [-0.05, 0) is 44.2 Å². The van der Waals surface area contributed by atoms with Crippen LogP contribution in [0.25, 0.3) is 21.9 Å².